The molecule has 5 heteroatoms. The highest BCUT2D eigenvalue weighted by molar-refractivity contribution is 5.90. The molecular formula is C31H40O5. The van der Waals surface area contributed by atoms with E-state index in [0.29, 0.717) is 32.3 Å². The largest absolute Gasteiger partial charge is 0.466 e. The number of ether oxygens (including phenoxy) is 1. The summed E-state index contributed by atoms with van der Waals surface area (Å²) in [6.45, 7) is 5.77. The van der Waals surface area contributed by atoms with E-state index >= 15 is 0 Å². The van der Waals surface area contributed by atoms with Crippen molar-refractivity contribution in [3.8, 4) is 0 Å². The summed E-state index contributed by atoms with van der Waals surface area (Å²) < 4.78 is 4.93. The van der Waals surface area contributed by atoms with E-state index in [1.54, 1.807) is 26.8 Å². The molecule has 0 saturated heterocycles. The summed E-state index contributed by atoms with van der Waals surface area (Å²) in [5.74, 6) is -0.815. The molecule has 1 fully saturated rings. The number of hydrogen-bond donors (Lipinski definition) is 2. The highest BCUT2D eigenvalue weighted by Gasteiger charge is 2.52. The van der Waals surface area contributed by atoms with Crippen LogP contribution in [0.25, 0.3) is 10.8 Å². The van der Waals surface area contributed by atoms with Crippen LogP contribution >= 0.6 is 0 Å². The van der Waals surface area contributed by atoms with Gasteiger partial charge in [-0.1, -0.05) is 80.6 Å². The van der Waals surface area contributed by atoms with Gasteiger partial charge in [0.05, 0.1) is 24.2 Å². The van der Waals surface area contributed by atoms with E-state index in [2.05, 4.69) is 30.3 Å². The van der Waals surface area contributed by atoms with E-state index in [9.17, 15) is 19.8 Å². The maximum absolute atomic E-state index is 13.0. The highest BCUT2D eigenvalue weighted by atomic mass is 16.5. The van der Waals surface area contributed by atoms with Crippen molar-refractivity contribution in [2.75, 3.05) is 6.61 Å². The summed E-state index contributed by atoms with van der Waals surface area (Å²) in [5, 5.41) is 23.9. The van der Waals surface area contributed by atoms with Gasteiger partial charge in [0.2, 0.25) is 0 Å². The molecule has 36 heavy (non-hydrogen) atoms. The van der Waals surface area contributed by atoms with Crippen molar-refractivity contribution in [3.05, 3.63) is 72.3 Å². The molecule has 0 spiro atoms. The Kier molecular flexibility index (Phi) is 10.0. The van der Waals surface area contributed by atoms with Crippen molar-refractivity contribution in [1.82, 2.24) is 0 Å². The fourth-order valence-electron chi connectivity index (χ4n) is 5.02. The molecular weight excluding hydrogens is 452 g/mol. The lowest BCUT2D eigenvalue weighted by Crippen LogP contribution is -2.31. The van der Waals surface area contributed by atoms with Gasteiger partial charge in [-0.3, -0.25) is 9.59 Å². The summed E-state index contributed by atoms with van der Waals surface area (Å²) in [6, 6.07) is 14.6. The van der Waals surface area contributed by atoms with Gasteiger partial charge in [-0.25, -0.2) is 0 Å². The monoisotopic (exact) mass is 492 g/mol. The third-order valence-corrected chi connectivity index (χ3v) is 7.25. The molecule has 1 saturated carbocycles. The van der Waals surface area contributed by atoms with Crippen molar-refractivity contribution in [3.63, 3.8) is 0 Å². The molecule has 3 rings (SSSR count). The third-order valence-electron chi connectivity index (χ3n) is 7.25. The van der Waals surface area contributed by atoms with E-state index in [4.69, 9.17) is 4.74 Å². The second-order valence-corrected chi connectivity index (χ2v) is 10.3. The van der Waals surface area contributed by atoms with Crippen LogP contribution in [0.5, 0.6) is 0 Å². The van der Waals surface area contributed by atoms with E-state index in [-0.39, 0.29) is 23.6 Å². The summed E-state index contributed by atoms with van der Waals surface area (Å²) in [4.78, 5) is 24.5. The Morgan fingerprint density at radius 2 is 1.89 bits per heavy atom. The number of esters is 1. The first-order valence-corrected chi connectivity index (χ1v) is 13.1. The number of allylic oxidation sites excluding steroid dienone is 2. The smallest absolute Gasteiger partial charge is 0.305 e. The molecule has 0 bridgehead atoms. The molecule has 0 heterocycles. The number of aryl methyl sites for hydroxylation is 1. The quantitative estimate of drug-likeness (QED) is 0.230. The molecule has 5 nitrogen and oxygen atoms in total. The normalized spacial score (nSPS) is 22.6. The second kappa shape index (κ2) is 13.0. The standard InChI is InChI=1S/C31H40O5/c1-4-36-28(33)14-8-6-5-7-13-26-27(30(35)31(2,3)29(26)34)20-19-25(32)18-16-22-15-17-23-11-9-10-12-24(23)21-22/h5,7,9-12,15,17,19-21,25-27,30,32,35H,4,6,8,13-14,16,18H2,1-3H3/b7-5-,20-19+/t25?,26-,27-,30+/m1/s1. The Hall–Kier alpha value is -2.76. The van der Waals surface area contributed by atoms with Crippen molar-refractivity contribution >= 4 is 22.5 Å². The van der Waals surface area contributed by atoms with Crippen LogP contribution in [0.4, 0.5) is 0 Å². The first-order valence-electron chi connectivity index (χ1n) is 13.1. The van der Waals surface area contributed by atoms with Crippen LogP contribution in [0.3, 0.4) is 0 Å². The number of aliphatic hydroxyl groups is 2. The zero-order chi connectivity index (χ0) is 26.1. The molecule has 2 aromatic rings. The maximum atomic E-state index is 13.0. The number of carbonyl (C=O) groups is 2. The third kappa shape index (κ3) is 7.14. The molecule has 194 valence electrons. The van der Waals surface area contributed by atoms with Gasteiger partial charge in [-0.2, -0.15) is 0 Å². The van der Waals surface area contributed by atoms with Crippen LogP contribution < -0.4 is 0 Å². The van der Waals surface area contributed by atoms with E-state index in [0.717, 1.165) is 12.8 Å². The van der Waals surface area contributed by atoms with Gasteiger partial charge in [0.15, 0.2) is 0 Å². The van der Waals surface area contributed by atoms with Crippen LogP contribution in [-0.4, -0.2) is 40.8 Å². The summed E-state index contributed by atoms with van der Waals surface area (Å²) in [6.07, 6.45) is 9.75. The number of ketones is 1. The maximum Gasteiger partial charge on any atom is 0.305 e. The Morgan fingerprint density at radius 3 is 2.64 bits per heavy atom. The van der Waals surface area contributed by atoms with Crippen molar-refractivity contribution < 1.29 is 24.5 Å². The number of carbonyl (C=O) groups excluding carboxylic acids is 2. The molecule has 4 atom stereocenters. The molecule has 1 aliphatic carbocycles. The number of unbranched alkanes of at least 4 members (excludes halogenated alkanes) is 1. The second-order valence-electron chi connectivity index (χ2n) is 10.3. The minimum Gasteiger partial charge on any atom is -0.466 e. The zero-order valence-corrected chi connectivity index (χ0v) is 21.7. The van der Waals surface area contributed by atoms with Crippen LogP contribution in [0, 0.1) is 17.3 Å². The minimum atomic E-state index is -0.826. The van der Waals surface area contributed by atoms with Crippen molar-refractivity contribution in [2.45, 2.75) is 71.5 Å². The average molecular weight is 493 g/mol. The predicted octanol–water partition coefficient (Wildman–Crippen LogP) is 5.57. The first kappa shape index (κ1) is 27.8. The molecule has 1 unspecified atom stereocenters. The molecule has 0 radical (unpaired) electrons. The highest BCUT2D eigenvalue weighted by Crippen LogP contribution is 2.44. The number of aliphatic hydroxyl groups excluding tert-OH is 2. The summed E-state index contributed by atoms with van der Waals surface area (Å²) in [7, 11) is 0. The van der Waals surface area contributed by atoms with Gasteiger partial charge in [-0.15, -0.1) is 0 Å². The van der Waals surface area contributed by atoms with Gasteiger partial charge in [-0.05, 0) is 55.4 Å². The first-order chi connectivity index (χ1) is 17.2. The van der Waals surface area contributed by atoms with E-state index < -0.39 is 17.6 Å². The fourth-order valence-corrected chi connectivity index (χ4v) is 5.02. The van der Waals surface area contributed by atoms with Crippen LogP contribution in [0.2, 0.25) is 0 Å². The van der Waals surface area contributed by atoms with Gasteiger partial charge in [0, 0.05) is 18.3 Å². The number of rotatable bonds is 12. The van der Waals surface area contributed by atoms with Gasteiger partial charge in [0.1, 0.15) is 5.78 Å². The number of Topliss-reactive ketones (excluding diaryl/α,β-unsaturated/α-hetero) is 1. The Labute approximate surface area is 214 Å². The number of hydrogen-bond acceptors (Lipinski definition) is 5. The van der Waals surface area contributed by atoms with Crippen molar-refractivity contribution in [1.29, 1.82) is 0 Å². The lowest BCUT2D eigenvalue weighted by molar-refractivity contribution is -0.143. The van der Waals surface area contributed by atoms with E-state index in [1.807, 2.05) is 30.4 Å². The topological polar surface area (TPSA) is 83.8 Å². The summed E-state index contributed by atoms with van der Waals surface area (Å²) >= 11 is 0. The molecule has 0 aliphatic heterocycles. The Morgan fingerprint density at radius 1 is 1.14 bits per heavy atom. The molecule has 0 aromatic heterocycles. The Bertz CT molecular complexity index is 1080. The van der Waals surface area contributed by atoms with Crippen LogP contribution in [-0.2, 0) is 20.7 Å². The van der Waals surface area contributed by atoms with E-state index in [1.165, 1.54) is 16.3 Å². The number of benzene rings is 2. The zero-order valence-electron chi connectivity index (χ0n) is 21.7. The van der Waals surface area contributed by atoms with Gasteiger partial charge >= 0.3 is 5.97 Å². The molecule has 2 N–H and O–H groups in total. The van der Waals surface area contributed by atoms with Crippen LogP contribution in [0.1, 0.15) is 58.4 Å². The number of fused-ring (bicyclic) bond motifs is 1. The van der Waals surface area contributed by atoms with Gasteiger partial charge < -0.3 is 14.9 Å². The molecule has 1 aliphatic rings. The van der Waals surface area contributed by atoms with Gasteiger partial charge in [0.25, 0.3) is 0 Å². The predicted molar refractivity (Wildman–Crippen MR) is 143 cm³/mol. The molecule has 0 amide bonds. The lowest BCUT2D eigenvalue weighted by atomic mass is 9.86. The molecule has 2 aromatic carbocycles. The minimum absolute atomic E-state index is 0.0477. The van der Waals surface area contributed by atoms with Crippen molar-refractivity contribution in [2.24, 2.45) is 17.3 Å². The SMILES string of the molecule is CCOC(=O)CCC/C=C\C[C@H]1C(=O)C(C)(C)[C@@H](O)[C@@H]1/C=C/C(O)CCc1ccc2ccccc2c1. The van der Waals surface area contributed by atoms with Crippen LogP contribution in [0.15, 0.2) is 66.8 Å². The lowest BCUT2D eigenvalue weighted by Gasteiger charge is -2.22. The summed E-state index contributed by atoms with van der Waals surface area (Å²) in [5.41, 5.74) is 0.345. The fraction of sp³-hybridized carbons (Fsp3) is 0.484. The Balaban J connectivity index is 1.55. The average Bonchev–Trinajstić information content (AvgIpc) is 3.02.